The van der Waals surface area contributed by atoms with E-state index < -0.39 is 0 Å². The van der Waals surface area contributed by atoms with Crippen LogP contribution in [0.5, 0.6) is 0 Å². The van der Waals surface area contributed by atoms with Crippen LogP contribution in [0.1, 0.15) is 19.8 Å². The molecule has 1 nitrogen and oxygen atoms in total. The van der Waals surface area contributed by atoms with Crippen LogP contribution in [0.25, 0.3) is 0 Å². The fourth-order valence-electron chi connectivity index (χ4n) is 1.39. The summed E-state index contributed by atoms with van der Waals surface area (Å²) in [6.07, 6.45) is 2.47. The average molecular weight is 160 g/mol. The van der Waals surface area contributed by atoms with Gasteiger partial charge in [0.05, 0.1) is 0 Å². The summed E-state index contributed by atoms with van der Waals surface area (Å²) in [5, 5.41) is 3.33. The van der Waals surface area contributed by atoms with Crippen molar-refractivity contribution in [2.24, 2.45) is 5.92 Å². The fraction of sp³-hybridized carbons (Fsp3) is 0.750. The van der Waals surface area contributed by atoms with Crippen LogP contribution in [0.3, 0.4) is 0 Å². The van der Waals surface area contributed by atoms with Crippen LogP contribution in [0.2, 0.25) is 0 Å². The van der Waals surface area contributed by atoms with Gasteiger partial charge in [0.15, 0.2) is 0 Å². The Morgan fingerprint density at radius 3 is 3.10 bits per heavy atom. The molecular formula is C8H14ClN. The third kappa shape index (κ3) is 2.31. The third-order valence-electron chi connectivity index (χ3n) is 1.96. The van der Waals surface area contributed by atoms with E-state index in [1.165, 1.54) is 25.1 Å². The Morgan fingerprint density at radius 2 is 2.60 bits per heavy atom. The van der Waals surface area contributed by atoms with Crippen molar-refractivity contribution in [3.63, 3.8) is 0 Å². The Balaban J connectivity index is 2.24. The van der Waals surface area contributed by atoms with Crippen LogP contribution < -0.4 is 5.32 Å². The number of hydrogen-bond donors (Lipinski definition) is 1. The van der Waals surface area contributed by atoms with Crippen LogP contribution in [-0.2, 0) is 0 Å². The highest BCUT2D eigenvalue weighted by Gasteiger charge is 2.13. The second kappa shape index (κ2) is 3.99. The molecule has 1 aliphatic rings. The molecule has 0 aromatic rings. The maximum absolute atomic E-state index is 5.55. The summed E-state index contributed by atoms with van der Waals surface area (Å²) in [6, 6.07) is 0. The molecule has 2 heteroatoms. The predicted octanol–water partition coefficient (Wildman–Crippen LogP) is 2.13. The van der Waals surface area contributed by atoms with Crippen molar-refractivity contribution >= 4 is 11.6 Å². The van der Waals surface area contributed by atoms with E-state index in [0.717, 1.165) is 12.3 Å². The van der Waals surface area contributed by atoms with E-state index in [9.17, 15) is 0 Å². The van der Waals surface area contributed by atoms with Gasteiger partial charge in [0, 0.05) is 5.54 Å². The van der Waals surface area contributed by atoms with Crippen molar-refractivity contribution in [2.75, 3.05) is 13.1 Å². The Kier molecular flexibility index (Phi) is 3.23. The molecule has 0 aromatic carbocycles. The quantitative estimate of drug-likeness (QED) is 0.651. The molecule has 1 atom stereocenters. The van der Waals surface area contributed by atoms with Gasteiger partial charge in [-0.05, 0) is 38.8 Å². The average Bonchev–Trinajstić information content (AvgIpc) is 2.40. The third-order valence-corrected chi connectivity index (χ3v) is 2.33. The van der Waals surface area contributed by atoms with Gasteiger partial charge in [-0.1, -0.05) is 17.2 Å². The molecule has 0 aliphatic carbocycles. The van der Waals surface area contributed by atoms with Crippen LogP contribution in [0.15, 0.2) is 11.1 Å². The highest BCUT2D eigenvalue weighted by atomic mass is 35.5. The first-order valence-electron chi connectivity index (χ1n) is 3.79. The Morgan fingerprint density at radius 1 is 1.80 bits per heavy atom. The molecule has 10 heavy (non-hydrogen) atoms. The van der Waals surface area contributed by atoms with Crippen LogP contribution in [0.4, 0.5) is 0 Å². The molecule has 1 unspecified atom stereocenters. The van der Waals surface area contributed by atoms with Crippen molar-refractivity contribution in [1.29, 1.82) is 0 Å². The van der Waals surface area contributed by atoms with Gasteiger partial charge in [-0.25, -0.2) is 0 Å². The molecule has 0 radical (unpaired) electrons. The number of nitrogens with one attached hydrogen (secondary N) is 1. The van der Waals surface area contributed by atoms with Gasteiger partial charge in [-0.2, -0.15) is 0 Å². The second-order valence-electron chi connectivity index (χ2n) is 3.02. The smallest absolute Gasteiger partial charge is 0.00317 e. The van der Waals surface area contributed by atoms with Crippen molar-refractivity contribution in [1.82, 2.24) is 5.32 Å². The fourth-order valence-corrected chi connectivity index (χ4v) is 1.48. The van der Waals surface area contributed by atoms with Crippen molar-refractivity contribution in [3.05, 3.63) is 11.1 Å². The number of rotatable bonds is 2. The molecule has 0 bridgehead atoms. The zero-order valence-electron chi connectivity index (χ0n) is 6.36. The number of hydrogen-bond acceptors (Lipinski definition) is 1. The van der Waals surface area contributed by atoms with Crippen molar-refractivity contribution in [2.45, 2.75) is 19.8 Å². The minimum Gasteiger partial charge on any atom is -0.316 e. The lowest BCUT2D eigenvalue weighted by Crippen LogP contribution is -2.08. The van der Waals surface area contributed by atoms with Crippen LogP contribution in [0, 0.1) is 5.92 Å². The topological polar surface area (TPSA) is 12.0 Å². The Hall–Kier alpha value is -0.0100. The zero-order chi connectivity index (χ0) is 7.40. The predicted molar refractivity (Wildman–Crippen MR) is 45.2 cm³/mol. The molecule has 0 amide bonds. The van der Waals surface area contributed by atoms with Gasteiger partial charge in [-0.3, -0.25) is 0 Å². The van der Waals surface area contributed by atoms with E-state index in [4.69, 9.17) is 11.6 Å². The van der Waals surface area contributed by atoms with E-state index >= 15 is 0 Å². The second-order valence-corrected chi connectivity index (χ2v) is 3.24. The van der Waals surface area contributed by atoms with Gasteiger partial charge in [-0.15, -0.1) is 0 Å². The SMILES string of the molecule is CC(=CCl)CC1CCNC1. The van der Waals surface area contributed by atoms with Crippen LogP contribution in [-0.4, -0.2) is 13.1 Å². The number of halogens is 1. The molecule has 1 fully saturated rings. The summed E-state index contributed by atoms with van der Waals surface area (Å²) in [4.78, 5) is 0. The Labute approximate surface area is 67.5 Å². The molecule has 1 N–H and O–H groups in total. The lowest BCUT2D eigenvalue weighted by molar-refractivity contribution is 0.577. The Bertz CT molecular complexity index is 125. The largest absolute Gasteiger partial charge is 0.316 e. The highest BCUT2D eigenvalue weighted by molar-refractivity contribution is 6.25. The molecule has 0 aromatic heterocycles. The first-order valence-corrected chi connectivity index (χ1v) is 4.23. The molecular weight excluding hydrogens is 146 g/mol. The molecule has 58 valence electrons. The summed E-state index contributed by atoms with van der Waals surface area (Å²) < 4.78 is 0. The zero-order valence-corrected chi connectivity index (χ0v) is 7.12. The van der Waals surface area contributed by atoms with E-state index in [-0.39, 0.29) is 0 Å². The van der Waals surface area contributed by atoms with Gasteiger partial charge < -0.3 is 5.32 Å². The van der Waals surface area contributed by atoms with E-state index in [1.54, 1.807) is 5.54 Å². The lowest BCUT2D eigenvalue weighted by Gasteiger charge is -2.06. The first kappa shape index (κ1) is 8.09. The monoisotopic (exact) mass is 159 g/mol. The molecule has 1 heterocycles. The summed E-state index contributed by atoms with van der Waals surface area (Å²) in [5.74, 6) is 0.829. The minimum absolute atomic E-state index is 0.829. The summed E-state index contributed by atoms with van der Waals surface area (Å²) in [5.41, 5.74) is 2.99. The maximum Gasteiger partial charge on any atom is 0.00317 e. The molecule has 0 spiro atoms. The molecule has 1 aliphatic heterocycles. The first-order chi connectivity index (χ1) is 4.83. The van der Waals surface area contributed by atoms with Gasteiger partial charge in [0.2, 0.25) is 0 Å². The molecule has 1 saturated heterocycles. The van der Waals surface area contributed by atoms with E-state index in [0.29, 0.717) is 0 Å². The maximum atomic E-state index is 5.55. The minimum atomic E-state index is 0.829. The van der Waals surface area contributed by atoms with Gasteiger partial charge in [0.25, 0.3) is 0 Å². The lowest BCUT2D eigenvalue weighted by atomic mass is 10.0. The van der Waals surface area contributed by atoms with E-state index in [2.05, 4.69) is 12.2 Å². The van der Waals surface area contributed by atoms with Crippen molar-refractivity contribution < 1.29 is 0 Å². The molecule has 0 saturated carbocycles. The normalized spacial score (nSPS) is 27.4. The molecule has 1 rings (SSSR count). The highest BCUT2D eigenvalue weighted by Crippen LogP contribution is 2.17. The van der Waals surface area contributed by atoms with E-state index in [1.807, 2.05) is 0 Å². The summed E-state index contributed by atoms with van der Waals surface area (Å²) in [7, 11) is 0. The van der Waals surface area contributed by atoms with Crippen molar-refractivity contribution in [3.8, 4) is 0 Å². The summed E-state index contributed by atoms with van der Waals surface area (Å²) in [6.45, 7) is 4.44. The number of allylic oxidation sites excluding steroid dienone is 1. The van der Waals surface area contributed by atoms with Gasteiger partial charge >= 0.3 is 0 Å². The standard InChI is InChI=1S/C8H14ClN/c1-7(5-9)4-8-2-3-10-6-8/h5,8,10H,2-4,6H2,1H3. The van der Waals surface area contributed by atoms with Crippen LogP contribution >= 0.6 is 11.6 Å². The van der Waals surface area contributed by atoms with Gasteiger partial charge in [0.1, 0.15) is 0 Å². The summed E-state index contributed by atoms with van der Waals surface area (Å²) >= 11 is 5.55.